The number of carbonyl (C=O) groups is 4. The van der Waals surface area contributed by atoms with Crippen LogP contribution in [0.2, 0.25) is 0 Å². The second-order valence-electron chi connectivity index (χ2n) is 7.22. The number of ketones is 4. The molecule has 3 aromatic carbocycles. The SMILES string of the molecule is O=C(CC1(CC(=O)c2ccccc2)C(=O)c2ccccc2C1=O)c1ccccc1. The monoisotopic (exact) mass is 382 g/mol. The Hall–Kier alpha value is -3.66. The quantitative estimate of drug-likeness (QED) is 0.462. The summed E-state index contributed by atoms with van der Waals surface area (Å²) in [6, 6.07) is 23.6. The van der Waals surface area contributed by atoms with E-state index in [1.54, 1.807) is 84.9 Å². The third kappa shape index (κ3) is 3.23. The molecule has 0 aromatic heterocycles. The second kappa shape index (κ2) is 7.40. The average molecular weight is 382 g/mol. The molecule has 0 bridgehead atoms. The molecule has 0 saturated carbocycles. The Balaban J connectivity index is 1.76. The molecule has 0 radical (unpaired) electrons. The topological polar surface area (TPSA) is 68.3 Å². The van der Waals surface area contributed by atoms with Gasteiger partial charge in [-0.1, -0.05) is 84.9 Å². The van der Waals surface area contributed by atoms with E-state index in [9.17, 15) is 19.2 Å². The van der Waals surface area contributed by atoms with E-state index in [1.165, 1.54) is 0 Å². The van der Waals surface area contributed by atoms with Crippen molar-refractivity contribution < 1.29 is 19.2 Å². The van der Waals surface area contributed by atoms with Crippen molar-refractivity contribution in [1.29, 1.82) is 0 Å². The summed E-state index contributed by atoms with van der Waals surface area (Å²) in [6.45, 7) is 0. The molecule has 0 fully saturated rings. The first-order chi connectivity index (χ1) is 14.0. The van der Waals surface area contributed by atoms with Crippen molar-refractivity contribution >= 4 is 23.1 Å². The van der Waals surface area contributed by atoms with Crippen molar-refractivity contribution in [2.45, 2.75) is 12.8 Å². The van der Waals surface area contributed by atoms with Crippen LogP contribution < -0.4 is 0 Å². The first-order valence-electron chi connectivity index (χ1n) is 9.38. The van der Waals surface area contributed by atoms with Crippen molar-refractivity contribution in [1.82, 2.24) is 0 Å². The van der Waals surface area contributed by atoms with Gasteiger partial charge >= 0.3 is 0 Å². The van der Waals surface area contributed by atoms with Crippen molar-refractivity contribution in [3.8, 4) is 0 Å². The Kier molecular flexibility index (Phi) is 4.77. The van der Waals surface area contributed by atoms with Crippen LogP contribution >= 0.6 is 0 Å². The molecule has 0 N–H and O–H groups in total. The van der Waals surface area contributed by atoms with E-state index in [0.717, 1.165) is 0 Å². The lowest BCUT2D eigenvalue weighted by Gasteiger charge is -2.24. The predicted octanol–water partition coefficient (Wildman–Crippen LogP) is 4.60. The fourth-order valence-electron chi connectivity index (χ4n) is 3.88. The Morgan fingerprint density at radius 2 is 0.897 bits per heavy atom. The van der Waals surface area contributed by atoms with Crippen LogP contribution in [0, 0.1) is 5.41 Å². The normalized spacial score (nSPS) is 14.5. The zero-order valence-electron chi connectivity index (χ0n) is 15.6. The largest absolute Gasteiger partial charge is 0.294 e. The number of fused-ring (bicyclic) bond motifs is 1. The van der Waals surface area contributed by atoms with Crippen LogP contribution in [0.1, 0.15) is 54.3 Å². The summed E-state index contributed by atoms with van der Waals surface area (Å²) in [6.07, 6.45) is -0.663. The molecular formula is C25H18O4. The lowest BCUT2D eigenvalue weighted by atomic mass is 9.72. The number of Topliss-reactive ketones (excluding diaryl/α,β-unsaturated/α-hetero) is 4. The first-order valence-corrected chi connectivity index (χ1v) is 9.38. The van der Waals surface area contributed by atoms with E-state index in [2.05, 4.69) is 0 Å². The summed E-state index contributed by atoms with van der Waals surface area (Å²) in [4.78, 5) is 52.6. The van der Waals surface area contributed by atoms with E-state index >= 15 is 0 Å². The van der Waals surface area contributed by atoms with Crippen LogP contribution in [0.4, 0.5) is 0 Å². The molecule has 142 valence electrons. The van der Waals surface area contributed by atoms with Gasteiger partial charge in [-0.05, 0) is 0 Å². The highest BCUT2D eigenvalue weighted by Gasteiger charge is 2.54. The molecule has 0 amide bonds. The van der Waals surface area contributed by atoms with E-state index in [4.69, 9.17) is 0 Å². The lowest BCUT2D eigenvalue weighted by molar-refractivity contribution is 0.0600. The van der Waals surface area contributed by atoms with Gasteiger partial charge in [-0.2, -0.15) is 0 Å². The molecule has 0 spiro atoms. The summed E-state index contributed by atoms with van der Waals surface area (Å²) in [5.74, 6) is -1.57. The molecule has 3 aromatic rings. The van der Waals surface area contributed by atoms with Gasteiger partial charge in [-0.3, -0.25) is 19.2 Å². The molecule has 4 nitrogen and oxygen atoms in total. The highest BCUT2D eigenvalue weighted by molar-refractivity contribution is 6.32. The molecule has 0 unspecified atom stereocenters. The summed E-state index contributed by atoms with van der Waals surface area (Å²) in [5.41, 5.74) is -0.326. The number of carbonyl (C=O) groups excluding carboxylic acids is 4. The van der Waals surface area contributed by atoms with Gasteiger partial charge in [-0.15, -0.1) is 0 Å². The minimum atomic E-state index is -1.70. The van der Waals surface area contributed by atoms with Gasteiger partial charge < -0.3 is 0 Å². The number of rotatable bonds is 6. The Labute approximate surface area is 168 Å². The Bertz CT molecular complexity index is 1020. The molecule has 29 heavy (non-hydrogen) atoms. The van der Waals surface area contributed by atoms with Gasteiger partial charge in [0, 0.05) is 35.1 Å². The smallest absolute Gasteiger partial charge is 0.178 e. The lowest BCUT2D eigenvalue weighted by Crippen LogP contribution is -2.38. The molecule has 0 saturated heterocycles. The maximum Gasteiger partial charge on any atom is 0.178 e. The van der Waals surface area contributed by atoms with Crippen LogP contribution in [0.3, 0.4) is 0 Å². The molecule has 1 aliphatic carbocycles. The number of hydrogen-bond donors (Lipinski definition) is 0. The molecule has 0 heterocycles. The molecule has 4 rings (SSSR count). The fourth-order valence-corrected chi connectivity index (χ4v) is 3.88. The average Bonchev–Trinajstić information content (AvgIpc) is 2.97. The van der Waals surface area contributed by atoms with Crippen LogP contribution in [0.25, 0.3) is 0 Å². The minimum absolute atomic E-state index is 0.277. The number of benzene rings is 3. The molecule has 0 aliphatic heterocycles. The van der Waals surface area contributed by atoms with Crippen molar-refractivity contribution in [2.75, 3.05) is 0 Å². The minimum Gasteiger partial charge on any atom is -0.294 e. The van der Waals surface area contributed by atoms with Crippen LogP contribution in [0.15, 0.2) is 84.9 Å². The summed E-state index contributed by atoms with van der Waals surface area (Å²) >= 11 is 0. The Morgan fingerprint density at radius 1 is 0.552 bits per heavy atom. The second-order valence-corrected chi connectivity index (χ2v) is 7.22. The maximum absolute atomic E-state index is 13.3. The van der Waals surface area contributed by atoms with E-state index in [0.29, 0.717) is 11.1 Å². The van der Waals surface area contributed by atoms with Gasteiger partial charge in [0.2, 0.25) is 0 Å². The van der Waals surface area contributed by atoms with Crippen LogP contribution in [-0.4, -0.2) is 23.1 Å². The third-order valence-electron chi connectivity index (χ3n) is 5.40. The van der Waals surface area contributed by atoms with Gasteiger partial charge in [-0.25, -0.2) is 0 Å². The summed E-state index contributed by atoms with van der Waals surface area (Å²) < 4.78 is 0. The number of hydrogen-bond acceptors (Lipinski definition) is 4. The maximum atomic E-state index is 13.3. The summed E-state index contributed by atoms with van der Waals surface area (Å²) in [5, 5.41) is 0. The first kappa shape index (κ1) is 18.7. The predicted molar refractivity (Wildman–Crippen MR) is 108 cm³/mol. The highest BCUT2D eigenvalue weighted by atomic mass is 16.2. The van der Waals surface area contributed by atoms with Crippen molar-refractivity contribution in [3.05, 3.63) is 107 Å². The van der Waals surface area contributed by atoms with Crippen molar-refractivity contribution in [3.63, 3.8) is 0 Å². The van der Waals surface area contributed by atoms with E-state index in [1.807, 2.05) is 0 Å². The third-order valence-corrected chi connectivity index (χ3v) is 5.40. The Morgan fingerprint density at radius 3 is 1.28 bits per heavy atom. The van der Waals surface area contributed by atoms with Gasteiger partial charge in [0.05, 0.1) is 0 Å². The standard InChI is InChI=1S/C25H18O4/c26-21(17-9-3-1-4-10-17)15-25(16-22(27)18-11-5-2-6-12-18)23(28)19-13-7-8-14-20(19)24(25)29/h1-14H,15-16H2. The summed E-state index contributed by atoms with van der Waals surface area (Å²) in [7, 11) is 0. The van der Waals surface area contributed by atoms with Crippen LogP contribution in [-0.2, 0) is 0 Å². The van der Waals surface area contributed by atoms with E-state index in [-0.39, 0.29) is 35.5 Å². The van der Waals surface area contributed by atoms with E-state index < -0.39 is 17.0 Å². The van der Waals surface area contributed by atoms with Crippen molar-refractivity contribution in [2.24, 2.45) is 5.41 Å². The molecule has 1 aliphatic rings. The molecular weight excluding hydrogens is 364 g/mol. The fraction of sp³-hybridized carbons (Fsp3) is 0.120. The highest BCUT2D eigenvalue weighted by Crippen LogP contribution is 2.43. The zero-order valence-corrected chi connectivity index (χ0v) is 15.6. The van der Waals surface area contributed by atoms with Gasteiger partial charge in [0.25, 0.3) is 0 Å². The zero-order chi connectivity index (χ0) is 20.4. The molecule has 4 heteroatoms. The van der Waals surface area contributed by atoms with Gasteiger partial charge in [0.1, 0.15) is 5.41 Å². The molecule has 0 atom stereocenters. The van der Waals surface area contributed by atoms with Crippen LogP contribution in [0.5, 0.6) is 0 Å². The van der Waals surface area contributed by atoms with Gasteiger partial charge in [0.15, 0.2) is 23.1 Å².